The standard InChI is InChI=1S/C16H22N4O/c1-18-16-3-2-13(11-17)10-14(16)6-9-20(12-21)15-4-7-19-8-5-15/h2-3,10,12,15,18-19H,4-9H2,1H3. The van der Waals surface area contributed by atoms with Crippen LogP contribution < -0.4 is 10.6 Å². The SMILES string of the molecule is CNc1ccc(C#N)cc1CCN(C=O)C1CCNCC1. The molecule has 0 aromatic heterocycles. The van der Waals surface area contributed by atoms with Crippen molar-refractivity contribution in [2.45, 2.75) is 25.3 Å². The Hall–Kier alpha value is -2.06. The van der Waals surface area contributed by atoms with Crippen LogP contribution in [0.3, 0.4) is 0 Å². The van der Waals surface area contributed by atoms with E-state index in [2.05, 4.69) is 16.7 Å². The molecule has 0 atom stereocenters. The first-order valence-electron chi connectivity index (χ1n) is 7.41. The molecule has 0 spiro atoms. The number of carbonyl (C=O) groups is 1. The van der Waals surface area contributed by atoms with Crippen molar-refractivity contribution in [1.82, 2.24) is 10.2 Å². The van der Waals surface area contributed by atoms with Gasteiger partial charge in [0.1, 0.15) is 0 Å². The molecule has 0 saturated carbocycles. The van der Waals surface area contributed by atoms with Crippen molar-refractivity contribution in [2.75, 3.05) is 32.0 Å². The van der Waals surface area contributed by atoms with Gasteiger partial charge in [-0.1, -0.05) is 0 Å². The molecule has 0 bridgehead atoms. The van der Waals surface area contributed by atoms with Crippen molar-refractivity contribution in [2.24, 2.45) is 0 Å². The summed E-state index contributed by atoms with van der Waals surface area (Å²) in [6.07, 6.45) is 3.74. The van der Waals surface area contributed by atoms with E-state index in [1.165, 1.54) is 0 Å². The molecule has 1 aliphatic rings. The minimum absolute atomic E-state index is 0.334. The van der Waals surface area contributed by atoms with Crippen LogP contribution in [0.5, 0.6) is 0 Å². The lowest BCUT2D eigenvalue weighted by molar-refractivity contribution is -0.120. The summed E-state index contributed by atoms with van der Waals surface area (Å²) >= 11 is 0. The van der Waals surface area contributed by atoms with Crippen LogP contribution in [0, 0.1) is 11.3 Å². The quantitative estimate of drug-likeness (QED) is 0.775. The molecule has 1 aliphatic heterocycles. The lowest BCUT2D eigenvalue weighted by Crippen LogP contribution is -2.43. The Morgan fingerprint density at radius 2 is 2.24 bits per heavy atom. The lowest BCUT2D eigenvalue weighted by atomic mass is 10.0. The zero-order valence-electron chi connectivity index (χ0n) is 12.4. The molecule has 1 fully saturated rings. The number of rotatable bonds is 6. The molecule has 1 amide bonds. The molecule has 1 heterocycles. The summed E-state index contributed by atoms with van der Waals surface area (Å²) < 4.78 is 0. The van der Waals surface area contributed by atoms with Crippen LogP contribution in [0.2, 0.25) is 0 Å². The van der Waals surface area contributed by atoms with Gasteiger partial charge in [-0.15, -0.1) is 0 Å². The van der Waals surface area contributed by atoms with Crippen molar-refractivity contribution in [1.29, 1.82) is 5.26 Å². The first-order chi connectivity index (χ1) is 10.3. The van der Waals surface area contributed by atoms with E-state index in [1.807, 2.05) is 24.1 Å². The maximum absolute atomic E-state index is 11.3. The molecule has 1 aromatic carbocycles. The zero-order chi connectivity index (χ0) is 15.1. The number of nitrogens with one attached hydrogen (secondary N) is 2. The van der Waals surface area contributed by atoms with Gasteiger partial charge in [0.25, 0.3) is 0 Å². The fourth-order valence-electron chi connectivity index (χ4n) is 2.82. The number of nitriles is 1. The lowest BCUT2D eigenvalue weighted by Gasteiger charge is -2.32. The summed E-state index contributed by atoms with van der Waals surface area (Å²) in [5, 5.41) is 15.5. The van der Waals surface area contributed by atoms with Crippen LogP contribution in [0.25, 0.3) is 0 Å². The molecule has 2 N–H and O–H groups in total. The number of hydrogen-bond acceptors (Lipinski definition) is 4. The second-order valence-corrected chi connectivity index (χ2v) is 5.31. The van der Waals surface area contributed by atoms with E-state index < -0.39 is 0 Å². The van der Waals surface area contributed by atoms with Gasteiger partial charge in [-0.25, -0.2) is 0 Å². The molecule has 1 aromatic rings. The maximum atomic E-state index is 11.3. The molecular formula is C16H22N4O. The number of anilines is 1. The fourth-order valence-corrected chi connectivity index (χ4v) is 2.82. The van der Waals surface area contributed by atoms with Crippen molar-refractivity contribution in [3.63, 3.8) is 0 Å². The average Bonchev–Trinajstić information content (AvgIpc) is 2.56. The number of benzene rings is 1. The van der Waals surface area contributed by atoms with Crippen molar-refractivity contribution >= 4 is 12.1 Å². The molecule has 112 valence electrons. The Balaban J connectivity index is 2.03. The monoisotopic (exact) mass is 286 g/mol. The molecule has 21 heavy (non-hydrogen) atoms. The summed E-state index contributed by atoms with van der Waals surface area (Å²) in [6.45, 7) is 2.64. The molecule has 0 aliphatic carbocycles. The predicted molar refractivity (Wildman–Crippen MR) is 83.1 cm³/mol. The second kappa shape index (κ2) is 7.65. The summed E-state index contributed by atoms with van der Waals surface area (Å²) in [7, 11) is 1.87. The van der Waals surface area contributed by atoms with Crippen LogP contribution in [0.15, 0.2) is 18.2 Å². The Labute approximate surface area is 125 Å². The summed E-state index contributed by atoms with van der Waals surface area (Å²) in [4.78, 5) is 13.2. The largest absolute Gasteiger partial charge is 0.388 e. The van der Waals surface area contributed by atoms with Crippen LogP contribution in [0.4, 0.5) is 5.69 Å². The van der Waals surface area contributed by atoms with Gasteiger partial charge >= 0.3 is 0 Å². The first-order valence-corrected chi connectivity index (χ1v) is 7.41. The smallest absolute Gasteiger partial charge is 0.209 e. The van der Waals surface area contributed by atoms with Crippen LogP contribution in [0.1, 0.15) is 24.0 Å². The van der Waals surface area contributed by atoms with Crippen molar-refractivity contribution in [3.8, 4) is 6.07 Å². The van der Waals surface area contributed by atoms with E-state index in [0.717, 1.165) is 50.0 Å². The van der Waals surface area contributed by atoms with Crippen molar-refractivity contribution in [3.05, 3.63) is 29.3 Å². The number of piperidine rings is 1. The van der Waals surface area contributed by atoms with E-state index in [4.69, 9.17) is 5.26 Å². The number of nitrogens with zero attached hydrogens (tertiary/aromatic N) is 2. The Kier molecular flexibility index (Phi) is 5.59. The molecule has 0 unspecified atom stereocenters. The Morgan fingerprint density at radius 1 is 1.48 bits per heavy atom. The molecule has 2 rings (SSSR count). The number of hydrogen-bond donors (Lipinski definition) is 2. The normalized spacial score (nSPS) is 15.2. The predicted octanol–water partition coefficient (Wildman–Crippen LogP) is 1.35. The minimum atomic E-state index is 0.334. The first kappa shape index (κ1) is 15.3. The van der Waals surface area contributed by atoms with Gasteiger partial charge in [0.2, 0.25) is 6.41 Å². The third-order valence-corrected chi connectivity index (χ3v) is 4.06. The highest BCUT2D eigenvalue weighted by molar-refractivity contribution is 5.55. The van der Waals surface area contributed by atoms with E-state index in [9.17, 15) is 4.79 Å². The summed E-state index contributed by atoms with van der Waals surface area (Å²) in [5.74, 6) is 0. The van der Waals surface area contributed by atoms with Gasteiger partial charge in [0.05, 0.1) is 11.6 Å². The maximum Gasteiger partial charge on any atom is 0.209 e. The van der Waals surface area contributed by atoms with Gasteiger partial charge in [0.15, 0.2) is 0 Å². The van der Waals surface area contributed by atoms with Gasteiger partial charge in [-0.2, -0.15) is 5.26 Å². The summed E-state index contributed by atoms with van der Waals surface area (Å²) in [5.41, 5.74) is 2.76. The van der Waals surface area contributed by atoms with E-state index in [1.54, 1.807) is 6.07 Å². The van der Waals surface area contributed by atoms with Gasteiger partial charge in [0, 0.05) is 25.3 Å². The topological polar surface area (TPSA) is 68.2 Å². The van der Waals surface area contributed by atoms with Gasteiger partial charge < -0.3 is 15.5 Å². The third kappa shape index (κ3) is 3.96. The van der Waals surface area contributed by atoms with Crippen LogP contribution >= 0.6 is 0 Å². The molecule has 5 heteroatoms. The van der Waals surface area contributed by atoms with E-state index >= 15 is 0 Å². The highest BCUT2D eigenvalue weighted by atomic mass is 16.1. The highest BCUT2D eigenvalue weighted by Gasteiger charge is 2.19. The van der Waals surface area contributed by atoms with Crippen LogP contribution in [-0.4, -0.2) is 44.0 Å². The van der Waals surface area contributed by atoms with Crippen molar-refractivity contribution < 1.29 is 4.79 Å². The van der Waals surface area contributed by atoms with E-state index in [0.29, 0.717) is 18.2 Å². The number of amides is 1. The molecule has 5 nitrogen and oxygen atoms in total. The fraction of sp³-hybridized carbons (Fsp3) is 0.500. The van der Waals surface area contributed by atoms with E-state index in [-0.39, 0.29) is 0 Å². The molecule has 1 saturated heterocycles. The average molecular weight is 286 g/mol. The number of carbonyl (C=O) groups excluding carboxylic acids is 1. The third-order valence-electron chi connectivity index (χ3n) is 4.06. The highest BCUT2D eigenvalue weighted by Crippen LogP contribution is 2.19. The van der Waals surface area contributed by atoms with Crippen LogP contribution in [-0.2, 0) is 11.2 Å². The Bertz CT molecular complexity index is 517. The molecular weight excluding hydrogens is 264 g/mol. The van der Waals surface area contributed by atoms with Gasteiger partial charge in [-0.3, -0.25) is 4.79 Å². The second-order valence-electron chi connectivity index (χ2n) is 5.31. The summed E-state index contributed by atoms with van der Waals surface area (Å²) in [6, 6.07) is 8.12. The zero-order valence-corrected chi connectivity index (χ0v) is 12.4. The Morgan fingerprint density at radius 3 is 2.86 bits per heavy atom. The van der Waals surface area contributed by atoms with Gasteiger partial charge in [-0.05, 0) is 56.1 Å². The minimum Gasteiger partial charge on any atom is -0.388 e. The molecule has 0 radical (unpaired) electrons.